The number of hydrogen-bond donors (Lipinski definition) is 1. The highest BCUT2D eigenvalue weighted by Gasteiger charge is 2.14. The van der Waals surface area contributed by atoms with Crippen LogP contribution >= 0.6 is 0 Å². The monoisotopic (exact) mass is 277 g/mol. The first kappa shape index (κ1) is 13.7. The third kappa shape index (κ3) is 2.78. The van der Waals surface area contributed by atoms with Gasteiger partial charge in [-0.1, -0.05) is 43.3 Å². The van der Waals surface area contributed by atoms with E-state index in [2.05, 4.69) is 41.5 Å². The van der Waals surface area contributed by atoms with E-state index in [1.807, 2.05) is 37.5 Å². The van der Waals surface area contributed by atoms with Crippen molar-refractivity contribution in [2.45, 2.75) is 19.4 Å². The van der Waals surface area contributed by atoms with Gasteiger partial charge < -0.3 is 5.32 Å². The van der Waals surface area contributed by atoms with Crippen LogP contribution in [0, 0.1) is 0 Å². The Bertz CT molecular complexity index is 752. The van der Waals surface area contributed by atoms with Gasteiger partial charge >= 0.3 is 0 Å². The summed E-state index contributed by atoms with van der Waals surface area (Å²) in [5.74, 6) is 0. The second kappa shape index (κ2) is 6.02. The van der Waals surface area contributed by atoms with Crippen LogP contribution in [0.3, 0.4) is 0 Å². The van der Waals surface area contributed by atoms with E-state index in [4.69, 9.17) is 4.98 Å². The SMILES string of the molecule is CCc1cccc(C(NC)c2cnc3ccccc3n2)c1. The van der Waals surface area contributed by atoms with Gasteiger partial charge in [-0.25, -0.2) is 4.98 Å². The number of para-hydroxylation sites is 2. The fourth-order valence-electron chi connectivity index (χ4n) is 2.59. The van der Waals surface area contributed by atoms with Gasteiger partial charge in [0.15, 0.2) is 0 Å². The molecule has 1 atom stereocenters. The van der Waals surface area contributed by atoms with Crippen molar-refractivity contribution in [2.24, 2.45) is 0 Å². The van der Waals surface area contributed by atoms with E-state index in [9.17, 15) is 0 Å². The molecule has 3 heteroatoms. The fourth-order valence-corrected chi connectivity index (χ4v) is 2.59. The lowest BCUT2D eigenvalue weighted by atomic mass is 10.0. The van der Waals surface area contributed by atoms with Crippen LogP contribution in [0.4, 0.5) is 0 Å². The number of aromatic nitrogens is 2. The number of aryl methyl sites for hydroxylation is 1. The van der Waals surface area contributed by atoms with Crippen LogP contribution < -0.4 is 5.32 Å². The Morgan fingerprint density at radius 3 is 2.62 bits per heavy atom. The van der Waals surface area contributed by atoms with Gasteiger partial charge in [0.2, 0.25) is 0 Å². The summed E-state index contributed by atoms with van der Waals surface area (Å²) >= 11 is 0. The normalized spacial score (nSPS) is 12.5. The molecule has 0 saturated carbocycles. The van der Waals surface area contributed by atoms with Crippen molar-refractivity contribution in [1.82, 2.24) is 15.3 Å². The molecule has 3 rings (SSSR count). The van der Waals surface area contributed by atoms with Crippen LogP contribution in [-0.2, 0) is 6.42 Å². The predicted octanol–water partition coefficient (Wildman–Crippen LogP) is 3.50. The summed E-state index contributed by atoms with van der Waals surface area (Å²) in [5.41, 5.74) is 5.37. The zero-order valence-corrected chi connectivity index (χ0v) is 12.4. The number of fused-ring (bicyclic) bond motifs is 1. The van der Waals surface area contributed by atoms with Crippen molar-refractivity contribution in [3.63, 3.8) is 0 Å². The molecular weight excluding hydrogens is 258 g/mol. The van der Waals surface area contributed by atoms with E-state index in [0.29, 0.717) is 0 Å². The Kier molecular flexibility index (Phi) is 3.93. The van der Waals surface area contributed by atoms with Crippen LogP contribution in [0.5, 0.6) is 0 Å². The van der Waals surface area contributed by atoms with E-state index in [1.54, 1.807) is 0 Å². The maximum atomic E-state index is 4.75. The minimum Gasteiger partial charge on any atom is -0.308 e. The summed E-state index contributed by atoms with van der Waals surface area (Å²) in [6, 6.07) is 16.7. The standard InChI is InChI=1S/C18H19N3/c1-3-13-7-6-8-14(11-13)18(19-2)17-12-20-15-9-4-5-10-16(15)21-17/h4-12,18-19H,3H2,1-2H3. The smallest absolute Gasteiger partial charge is 0.0890 e. The molecule has 2 aromatic carbocycles. The molecule has 0 bridgehead atoms. The lowest BCUT2D eigenvalue weighted by Crippen LogP contribution is -2.19. The van der Waals surface area contributed by atoms with E-state index >= 15 is 0 Å². The maximum absolute atomic E-state index is 4.75. The minimum atomic E-state index is 0.0635. The highest BCUT2D eigenvalue weighted by molar-refractivity contribution is 5.73. The van der Waals surface area contributed by atoms with Gasteiger partial charge in [0.1, 0.15) is 0 Å². The van der Waals surface area contributed by atoms with Crippen LogP contribution in [0.25, 0.3) is 11.0 Å². The molecule has 0 radical (unpaired) electrons. The fraction of sp³-hybridized carbons (Fsp3) is 0.222. The van der Waals surface area contributed by atoms with E-state index < -0.39 is 0 Å². The largest absolute Gasteiger partial charge is 0.308 e. The van der Waals surface area contributed by atoms with Gasteiger partial charge in [0.05, 0.1) is 29.0 Å². The first-order valence-electron chi connectivity index (χ1n) is 7.29. The highest BCUT2D eigenvalue weighted by atomic mass is 14.9. The van der Waals surface area contributed by atoms with Gasteiger partial charge in [-0.3, -0.25) is 4.98 Å². The molecule has 0 aliphatic carbocycles. The summed E-state index contributed by atoms with van der Waals surface area (Å²) in [5, 5.41) is 3.35. The second-order valence-electron chi connectivity index (χ2n) is 5.10. The number of nitrogens with one attached hydrogen (secondary N) is 1. The van der Waals surface area contributed by atoms with Crippen LogP contribution in [0.2, 0.25) is 0 Å². The average Bonchev–Trinajstić information content (AvgIpc) is 2.56. The molecule has 1 aromatic heterocycles. The summed E-state index contributed by atoms with van der Waals surface area (Å²) in [6.45, 7) is 2.17. The topological polar surface area (TPSA) is 37.8 Å². The Balaban J connectivity index is 2.04. The van der Waals surface area contributed by atoms with Crippen molar-refractivity contribution in [3.05, 3.63) is 71.5 Å². The van der Waals surface area contributed by atoms with Gasteiger partial charge in [-0.15, -0.1) is 0 Å². The Morgan fingerprint density at radius 2 is 1.86 bits per heavy atom. The Morgan fingerprint density at radius 1 is 1.05 bits per heavy atom. The predicted molar refractivity (Wildman–Crippen MR) is 86.3 cm³/mol. The molecule has 3 nitrogen and oxygen atoms in total. The van der Waals surface area contributed by atoms with Crippen molar-refractivity contribution in [1.29, 1.82) is 0 Å². The number of benzene rings is 2. The van der Waals surface area contributed by atoms with Crippen molar-refractivity contribution >= 4 is 11.0 Å². The first-order chi connectivity index (χ1) is 10.3. The molecule has 0 aliphatic heterocycles. The quantitative estimate of drug-likeness (QED) is 0.793. The van der Waals surface area contributed by atoms with Gasteiger partial charge in [-0.05, 0) is 36.7 Å². The summed E-state index contributed by atoms with van der Waals surface area (Å²) in [6.07, 6.45) is 2.90. The molecule has 0 amide bonds. The zero-order chi connectivity index (χ0) is 14.7. The third-order valence-corrected chi connectivity index (χ3v) is 3.74. The minimum absolute atomic E-state index is 0.0635. The summed E-state index contributed by atoms with van der Waals surface area (Å²) in [7, 11) is 1.96. The molecule has 3 aromatic rings. The van der Waals surface area contributed by atoms with Gasteiger partial charge in [0, 0.05) is 0 Å². The molecule has 1 unspecified atom stereocenters. The molecule has 0 saturated heterocycles. The van der Waals surface area contributed by atoms with Crippen LogP contribution in [-0.4, -0.2) is 17.0 Å². The van der Waals surface area contributed by atoms with Crippen molar-refractivity contribution < 1.29 is 0 Å². The molecule has 1 heterocycles. The average molecular weight is 277 g/mol. The van der Waals surface area contributed by atoms with Crippen molar-refractivity contribution in [3.8, 4) is 0 Å². The molecule has 0 spiro atoms. The molecule has 0 aliphatic rings. The molecule has 21 heavy (non-hydrogen) atoms. The van der Waals surface area contributed by atoms with E-state index in [1.165, 1.54) is 11.1 Å². The summed E-state index contributed by atoms with van der Waals surface area (Å²) in [4.78, 5) is 9.27. The molecular formula is C18H19N3. The van der Waals surface area contributed by atoms with E-state index in [0.717, 1.165) is 23.1 Å². The molecule has 106 valence electrons. The van der Waals surface area contributed by atoms with Gasteiger partial charge in [-0.2, -0.15) is 0 Å². The number of hydrogen-bond acceptors (Lipinski definition) is 3. The first-order valence-corrected chi connectivity index (χ1v) is 7.29. The van der Waals surface area contributed by atoms with E-state index in [-0.39, 0.29) is 6.04 Å². The van der Waals surface area contributed by atoms with Crippen LogP contribution in [0.15, 0.2) is 54.7 Å². The maximum Gasteiger partial charge on any atom is 0.0890 e. The number of rotatable bonds is 4. The van der Waals surface area contributed by atoms with Crippen LogP contribution in [0.1, 0.15) is 29.8 Å². The zero-order valence-electron chi connectivity index (χ0n) is 12.4. The second-order valence-corrected chi connectivity index (χ2v) is 5.10. The lowest BCUT2D eigenvalue weighted by Gasteiger charge is -2.17. The Hall–Kier alpha value is -2.26. The van der Waals surface area contributed by atoms with Gasteiger partial charge in [0.25, 0.3) is 0 Å². The lowest BCUT2D eigenvalue weighted by molar-refractivity contribution is 0.670. The van der Waals surface area contributed by atoms with Crippen molar-refractivity contribution in [2.75, 3.05) is 7.05 Å². The molecule has 1 N–H and O–H groups in total. The summed E-state index contributed by atoms with van der Waals surface area (Å²) < 4.78 is 0. The third-order valence-electron chi connectivity index (χ3n) is 3.74. The Labute approximate surface area is 125 Å². The molecule has 0 fully saturated rings. The highest BCUT2D eigenvalue weighted by Crippen LogP contribution is 2.22. The number of nitrogens with zero attached hydrogens (tertiary/aromatic N) is 2.